The Hall–Kier alpha value is -2.66. The van der Waals surface area contributed by atoms with E-state index in [-0.39, 0.29) is 17.9 Å². The first-order chi connectivity index (χ1) is 11.2. The third-order valence-corrected chi connectivity index (χ3v) is 4.77. The first-order valence-electron chi connectivity index (χ1n) is 7.22. The number of carbonyl (C=O) groups excluding carboxylic acids is 1. The van der Waals surface area contributed by atoms with Gasteiger partial charge in [0.1, 0.15) is 17.0 Å². The first-order valence-corrected chi connectivity index (χ1v) is 8.10. The van der Waals surface area contributed by atoms with E-state index in [2.05, 4.69) is 10.6 Å². The molecule has 0 bridgehead atoms. The molecule has 0 spiro atoms. The molecule has 2 N–H and O–H groups in total. The third kappa shape index (κ3) is 2.49. The van der Waals surface area contributed by atoms with E-state index in [1.165, 1.54) is 23.5 Å². The summed E-state index contributed by atoms with van der Waals surface area (Å²) in [6.45, 7) is 0. The highest BCUT2D eigenvalue weighted by atomic mass is 32.1. The fourth-order valence-electron chi connectivity index (χ4n) is 2.71. The summed E-state index contributed by atoms with van der Waals surface area (Å²) in [6, 6.07) is 16.0. The van der Waals surface area contributed by atoms with Gasteiger partial charge in [-0.05, 0) is 23.3 Å². The molecule has 3 aromatic rings. The van der Waals surface area contributed by atoms with Gasteiger partial charge in [-0.3, -0.25) is 4.79 Å². The monoisotopic (exact) mass is 324 g/mol. The number of halogens is 1. The van der Waals surface area contributed by atoms with Crippen molar-refractivity contribution in [2.24, 2.45) is 0 Å². The van der Waals surface area contributed by atoms with Crippen molar-refractivity contribution in [2.45, 2.75) is 6.17 Å². The van der Waals surface area contributed by atoms with Crippen LogP contribution in [0.4, 0.5) is 9.39 Å². The van der Waals surface area contributed by atoms with Crippen LogP contribution in [0.3, 0.4) is 0 Å². The molecule has 4 rings (SSSR count). The number of nitrogens with one attached hydrogen (secondary N) is 2. The van der Waals surface area contributed by atoms with Gasteiger partial charge in [-0.15, -0.1) is 11.3 Å². The molecule has 5 heteroatoms. The van der Waals surface area contributed by atoms with E-state index in [1.54, 1.807) is 12.1 Å². The maximum absolute atomic E-state index is 13.1. The lowest BCUT2D eigenvalue weighted by Crippen LogP contribution is -2.37. The molecule has 1 amide bonds. The molecule has 0 fully saturated rings. The van der Waals surface area contributed by atoms with Crippen LogP contribution < -0.4 is 10.6 Å². The Balaban J connectivity index is 1.70. The fourth-order valence-corrected chi connectivity index (χ4v) is 3.71. The van der Waals surface area contributed by atoms with Gasteiger partial charge < -0.3 is 10.6 Å². The van der Waals surface area contributed by atoms with Crippen molar-refractivity contribution in [3.8, 4) is 11.1 Å². The van der Waals surface area contributed by atoms with Crippen molar-refractivity contribution in [2.75, 3.05) is 5.32 Å². The zero-order valence-electron chi connectivity index (χ0n) is 12.0. The van der Waals surface area contributed by atoms with Gasteiger partial charge in [0.05, 0.1) is 5.56 Å². The minimum atomic E-state index is -0.349. The van der Waals surface area contributed by atoms with Crippen LogP contribution in [-0.4, -0.2) is 5.91 Å². The maximum Gasteiger partial charge on any atom is 0.256 e. The number of hydrogen-bond donors (Lipinski definition) is 2. The number of anilines is 1. The largest absolute Gasteiger partial charge is 0.353 e. The molecule has 1 aliphatic rings. The van der Waals surface area contributed by atoms with Gasteiger partial charge >= 0.3 is 0 Å². The molecule has 1 aliphatic heterocycles. The highest BCUT2D eigenvalue weighted by molar-refractivity contribution is 7.15. The van der Waals surface area contributed by atoms with Crippen molar-refractivity contribution >= 4 is 22.2 Å². The smallest absolute Gasteiger partial charge is 0.256 e. The summed E-state index contributed by atoms with van der Waals surface area (Å²) in [4.78, 5) is 12.6. The summed E-state index contributed by atoms with van der Waals surface area (Å²) < 4.78 is 13.1. The first kappa shape index (κ1) is 14.0. The molecule has 2 heterocycles. The highest BCUT2D eigenvalue weighted by Gasteiger charge is 2.29. The Bertz CT molecular complexity index is 858. The number of amides is 1. The third-order valence-electron chi connectivity index (χ3n) is 3.86. The van der Waals surface area contributed by atoms with Crippen molar-refractivity contribution in [3.05, 3.63) is 76.9 Å². The average molecular weight is 324 g/mol. The molecule has 1 atom stereocenters. The Morgan fingerprint density at radius 1 is 0.957 bits per heavy atom. The van der Waals surface area contributed by atoms with Gasteiger partial charge in [0, 0.05) is 10.9 Å². The molecule has 23 heavy (non-hydrogen) atoms. The zero-order valence-corrected chi connectivity index (χ0v) is 12.9. The van der Waals surface area contributed by atoms with Crippen LogP contribution in [-0.2, 0) is 0 Å². The second kappa shape index (κ2) is 5.52. The highest BCUT2D eigenvalue weighted by Crippen LogP contribution is 2.39. The van der Waals surface area contributed by atoms with E-state index in [0.29, 0.717) is 5.56 Å². The molecular formula is C18H13FN2OS. The van der Waals surface area contributed by atoms with Crippen LogP contribution in [0.2, 0.25) is 0 Å². The molecule has 0 saturated carbocycles. The van der Waals surface area contributed by atoms with E-state index < -0.39 is 0 Å². The number of hydrogen-bond acceptors (Lipinski definition) is 3. The minimum absolute atomic E-state index is 0.117. The quantitative estimate of drug-likeness (QED) is 0.733. The molecule has 3 nitrogen and oxygen atoms in total. The summed E-state index contributed by atoms with van der Waals surface area (Å²) in [7, 11) is 0. The van der Waals surface area contributed by atoms with Crippen molar-refractivity contribution in [3.63, 3.8) is 0 Å². The molecular weight excluding hydrogens is 311 g/mol. The van der Waals surface area contributed by atoms with Crippen molar-refractivity contribution < 1.29 is 9.18 Å². The van der Waals surface area contributed by atoms with Crippen LogP contribution in [0.5, 0.6) is 0 Å². The number of rotatable bonds is 2. The predicted octanol–water partition coefficient (Wildman–Crippen LogP) is 4.41. The summed E-state index contributed by atoms with van der Waals surface area (Å²) >= 11 is 1.51. The number of thiophene rings is 1. The number of fused-ring (bicyclic) bond motifs is 1. The van der Waals surface area contributed by atoms with Gasteiger partial charge in [-0.1, -0.05) is 42.5 Å². The molecule has 0 aliphatic carbocycles. The summed E-state index contributed by atoms with van der Waals surface area (Å²) in [5.74, 6) is -0.410. The van der Waals surface area contributed by atoms with Crippen LogP contribution in [0, 0.1) is 5.82 Å². The van der Waals surface area contributed by atoms with Crippen LogP contribution in [0.1, 0.15) is 22.1 Å². The van der Waals surface area contributed by atoms with Crippen LogP contribution >= 0.6 is 11.3 Å². The normalized spacial score (nSPS) is 16.4. The lowest BCUT2D eigenvalue weighted by Gasteiger charge is -2.26. The molecule has 0 saturated heterocycles. The standard InChI is InChI=1S/C18H13FN2OS/c19-13-8-6-12(7-9-13)16-20-17(22)15-14(10-23-18(15)21-16)11-4-2-1-3-5-11/h1-10,16,21H,(H,20,22). The fraction of sp³-hybridized carbons (Fsp3) is 0.0556. The van der Waals surface area contributed by atoms with Gasteiger partial charge in [-0.2, -0.15) is 0 Å². The van der Waals surface area contributed by atoms with E-state index in [0.717, 1.165) is 21.7 Å². The molecule has 2 aromatic carbocycles. The minimum Gasteiger partial charge on any atom is -0.353 e. The van der Waals surface area contributed by atoms with E-state index in [9.17, 15) is 9.18 Å². The van der Waals surface area contributed by atoms with Gasteiger partial charge in [0.15, 0.2) is 0 Å². The Morgan fingerprint density at radius 3 is 2.43 bits per heavy atom. The maximum atomic E-state index is 13.1. The lowest BCUT2D eigenvalue weighted by atomic mass is 10.0. The summed E-state index contributed by atoms with van der Waals surface area (Å²) in [5, 5.41) is 9.08. The topological polar surface area (TPSA) is 41.1 Å². The number of benzene rings is 2. The summed E-state index contributed by atoms with van der Waals surface area (Å²) in [5.41, 5.74) is 3.43. The average Bonchev–Trinajstić information content (AvgIpc) is 3.01. The number of carbonyl (C=O) groups is 1. The van der Waals surface area contributed by atoms with E-state index in [4.69, 9.17) is 0 Å². The Labute approximate surface area is 136 Å². The molecule has 0 radical (unpaired) electrons. The molecule has 1 unspecified atom stereocenters. The second-order valence-corrected chi connectivity index (χ2v) is 6.20. The molecule has 1 aromatic heterocycles. The van der Waals surface area contributed by atoms with Gasteiger partial charge in [0.25, 0.3) is 5.91 Å². The molecule has 114 valence electrons. The Morgan fingerprint density at radius 2 is 1.70 bits per heavy atom. The van der Waals surface area contributed by atoms with Crippen molar-refractivity contribution in [1.82, 2.24) is 5.32 Å². The van der Waals surface area contributed by atoms with E-state index >= 15 is 0 Å². The predicted molar refractivity (Wildman–Crippen MR) is 90.0 cm³/mol. The van der Waals surface area contributed by atoms with Gasteiger partial charge in [0.2, 0.25) is 0 Å². The SMILES string of the molecule is O=C1NC(c2ccc(F)cc2)Nc2scc(-c3ccccc3)c21. The lowest BCUT2D eigenvalue weighted by molar-refractivity contribution is 0.0937. The Kier molecular flexibility index (Phi) is 3.35. The van der Waals surface area contributed by atoms with Crippen LogP contribution in [0.25, 0.3) is 11.1 Å². The van der Waals surface area contributed by atoms with Crippen molar-refractivity contribution in [1.29, 1.82) is 0 Å². The van der Waals surface area contributed by atoms with E-state index in [1.807, 2.05) is 35.7 Å². The zero-order chi connectivity index (χ0) is 15.8. The summed E-state index contributed by atoms with van der Waals surface area (Å²) in [6.07, 6.45) is -0.349. The van der Waals surface area contributed by atoms with Crippen LogP contribution in [0.15, 0.2) is 60.0 Å². The van der Waals surface area contributed by atoms with Gasteiger partial charge in [-0.25, -0.2) is 4.39 Å². The second-order valence-electron chi connectivity index (χ2n) is 5.32.